The summed E-state index contributed by atoms with van der Waals surface area (Å²) in [5, 5.41) is 1.44. The number of benzene rings is 3. The number of rotatable bonds is 1. The monoisotopic (exact) mass is 445 g/mol. The summed E-state index contributed by atoms with van der Waals surface area (Å²) in [6.45, 7) is 1.90. The zero-order chi connectivity index (χ0) is 20.2. The Kier molecular flexibility index (Phi) is 4.34. The molecule has 4 rings (SSSR count). The van der Waals surface area contributed by atoms with Crippen LogP contribution in [0.25, 0.3) is 32.8 Å². The van der Waals surface area contributed by atoms with E-state index in [9.17, 15) is 18.0 Å². The first-order valence-electron chi connectivity index (χ1n) is 8.58. The fraction of sp³-hybridized carbons (Fsp3) is 0.136. The number of aryl methyl sites for hydroxylation is 2. The van der Waals surface area contributed by atoms with Gasteiger partial charge in [0.05, 0.1) is 16.6 Å². The quantitative estimate of drug-likeness (QED) is 0.330. The van der Waals surface area contributed by atoms with Crippen molar-refractivity contribution in [3.05, 3.63) is 80.6 Å². The van der Waals surface area contributed by atoms with Crippen LogP contribution in [0.5, 0.6) is 0 Å². The van der Waals surface area contributed by atoms with Crippen molar-refractivity contribution in [3.8, 4) is 11.1 Å². The summed E-state index contributed by atoms with van der Waals surface area (Å²) in [4.78, 5) is 13.1. The minimum Gasteiger partial charge on any atom is -0.311 e. The highest BCUT2D eigenvalue weighted by Crippen LogP contribution is 2.42. The topological polar surface area (TPSA) is 22.0 Å². The van der Waals surface area contributed by atoms with Crippen molar-refractivity contribution in [2.75, 3.05) is 0 Å². The smallest absolute Gasteiger partial charge is 0.311 e. The molecule has 4 aromatic rings. The molecule has 28 heavy (non-hydrogen) atoms. The van der Waals surface area contributed by atoms with Crippen LogP contribution < -0.4 is 5.56 Å². The van der Waals surface area contributed by atoms with Gasteiger partial charge in [0.25, 0.3) is 5.56 Å². The molecule has 1 aromatic heterocycles. The zero-order valence-electron chi connectivity index (χ0n) is 15.1. The van der Waals surface area contributed by atoms with E-state index in [4.69, 9.17) is 0 Å². The largest absolute Gasteiger partial charge is 0.417 e. The van der Waals surface area contributed by atoms with Gasteiger partial charge in [0, 0.05) is 16.9 Å². The highest BCUT2D eigenvalue weighted by atomic mass is 79.9. The molecule has 0 saturated heterocycles. The summed E-state index contributed by atoms with van der Waals surface area (Å²) in [6, 6.07) is 15.1. The van der Waals surface area contributed by atoms with Crippen molar-refractivity contribution in [3.63, 3.8) is 0 Å². The molecular weight excluding hydrogens is 431 g/mol. The van der Waals surface area contributed by atoms with Crippen LogP contribution in [0.3, 0.4) is 0 Å². The molecule has 0 aliphatic rings. The van der Waals surface area contributed by atoms with Crippen LogP contribution in [0.1, 0.15) is 11.1 Å². The molecule has 2 nitrogen and oxygen atoms in total. The van der Waals surface area contributed by atoms with E-state index in [2.05, 4.69) is 15.9 Å². The second-order valence-corrected chi connectivity index (χ2v) is 7.66. The minimum absolute atomic E-state index is 0.0105. The maximum absolute atomic E-state index is 14.2. The molecule has 0 spiro atoms. The number of hydrogen-bond acceptors (Lipinski definition) is 1. The Morgan fingerprint density at radius 1 is 0.929 bits per heavy atom. The number of halogens is 4. The second-order valence-electron chi connectivity index (χ2n) is 6.75. The fourth-order valence-corrected chi connectivity index (χ4v) is 4.11. The van der Waals surface area contributed by atoms with Crippen LogP contribution >= 0.6 is 15.9 Å². The van der Waals surface area contributed by atoms with Gasteiger partial charge < -0.3 is 4.57 Å². The van der Waals surface area contributed by atoms with Gasteiger partial charge in [0.2, 0.25) is 0 Å². The number of hydrogen-bond donors (Lipinski definition) is 0. The summed E-state index contributed by atoms with van der Waals surface area (Å²) in [5.74, 6) is 0. The lowest BCUT2D eigenvalue weighted by Crippen LogP contribution is -2.24. The minimum atomic E-state index is -4.69. The lowest BCUT2D eigenvalue weighted by molar-refractivity contribution is -0.135. The van der Waals surface area contributed by atoms with E-state index in [1.807, 2.05) is 19.1 Å². The predicted molar refractivity (Wildman–Crippen MR) is 110 cm³/mol. The summed E-state index contributed by atoms with van der Waals surface area (Å²) in [6.07, 6.45) is -4.69. The third-order valence-corrected chi connectivity index (χ3v) is 5.54. The molecule has 1 heterocycles. The van der Waals surface area contributed by atoms with Crippen LogP contribution in [0.15, 0.2) is 63.9 Å². The summed E-state index contributed by atoms with van der Waals surface area (Å²) in [7, 11) is 1.50. The molecule has 0 atom stereocenters. The second kappa shape index (κ2) is 6.48. The Morgan fingerprint density at radius 2 is 1.61 bits per heavy atom. The summed E-state index contributed by atoms with van der Waals surface area (Å²) in [5.41, 5.74) is -0.432. The maximum Gasteiger partial charge on any atom is 0.417 e. The molecule has 0 aliphatic carbocycles. The highest BCUT2D eigenvalue weighted by Gasteiger charge is 2.38. The van der Waals surface area contributed by atoms with Crippen molar-refractivity contribution in [1.82, 2.24) is 4.57 Å². The van der Waals surface area contributed by atoms with Gasteiger partial charge in [-0.2, -0.15) is 13.2 Å². The standard InChI is InChI=1S/C22H15BrF3NO/c1-12-5-3-7-15-14(12)6-4-8-16(15)19-20(22(24,25)26)17-11-13(23)9-10-18(17)27(2)21(19)28/h3-11H,1-2H3. The molecule has 0 fully saturated rings. The average molecular weight is 446 g/mol. The van der Waals surface area contributed by atoms with Gasteiger partial charge in [0.15, 0.2) is 0 Å². The molecule has 0 aliphatic heterocycles. The normalized spacial score (nSPS) is 12.1. The Labute approximate surface area is 167 Å². The molecule has 0 amide bonds. The van der Waals surface area contributed by atoms with E-state index in [0.29, 0.717) is 9.86 Å². The SMILES string of the molecule is Cc1cccc2c(-c3c(C(F)(F)F)c4cc(Br)ccc4n(C)c3=O)cccc12. The third-order valence-electron chi connectivity index (χ3n) is 5.05. The molecule has 0 N–H and O–H groups in total. The average Bonchev–Trinajstić information content (AvgIpc) is 2.63. The van der Waals surface area contributed by atoms with Crippen molar-refractivity contribution in [2.24, 2.45) is 7.05 Å². The van der Waals surface area contributed by atoms with Crippen molar-refractivity contribution in [2.45, 2.75) is 13.1 Å². The first kappa shape index (κ1) is 18.7. The molecule has 6 heteroatoms. The summed E-state index contributed by atoms with van der Waals surface area (Å²) >= 11 is 3.25. The van der Waals surface area contributed by atoms with Gasteiger partial charge in [-0.25, -0.2) is 0 Å². The Hall–Kier alpha value is -2.60. The van der Waals surface area contributed by atoms with Crippen LogP contribution in [0.2, 0.25) is 0 Å². The van der Waals surface area contributed by atoms with E-state index >= 15 is 0 Å². The highest BCUT2D eigenvalue weighted by molar-refractivity contribution is 9.10. The van der Waals surface area contributed by atoms with Gasteiger partial charge in [-0.15, -0.1) is 0 Å². The maximum atomic E-state index is 14.2. The third kappa shape index (κ3) is 2.83. The molecule has 142 valence electrons. The fourth-order valence-electron chi connectivity index (χ4n) is 3.75. The first-order chi connectivity index (χ1) is 13.2. The van der Waals surface area contributed by atoms with Crippen molar-refractivity contribution < 1.29 is 13.2 Å². The molecule has 0 radical (unpaired) electrons. The lowest BCUT2D eigenvalue weighted by Gasteiger charge is -2.19. The molecular formula is C22H15BrF3NO. The van der Waals surface area contributed by atoms with Crippen molar-refractivity contribution >= 4 is 37.6 Å². The lowest BCUT2D eigenvalue weighted by atomic mass is 9.92. The molecule has 0 saturated carbocycles. The van der Waals surface area contributed by atoms with Crippen molar-refractivity contribution in [1.29, 1.82) is 0 Å². The first-order valence-corrected chi connectivity index (χ1v) is 9.37. The van der Waals surface area contributed by atoms with Crippen LogP contribution in [-0.4, -0.2) is 4.57 Å². The van der Waals surface area contributed by atoms with E-state index in [0.717, 1.165) is 10.9 Å². The number of nitrogens with zero attached hydrogens (tertiary/aromatic N) is 1. The zero-order valence-corrected chi connectivity index (χ0v) is 16.6. The number of alkyl halides is 3. The number of fused-ring (bicyclic) bond motifs is 2. The van der Waals surface area contributed by atoms with E-state index in [1.165, 1.54) is 23.7 Å². The van der Waals surface area contributed by atoms with Crippen LogP contribution in [0.4, 0.5) is 13.2 Å². The Balaban J connectivity index is 2.28. The molecule has 3 aromatic carbocycles. The van der Waals surface area contributed by atoms with E-state index < -0.39 is 17.3 Å². The van der Waals surface area contributed by atoms with Crippen LogP contribution in [0, 0.1) is 6.92 Å². The molecule has 0 bridgehead atoms. The summed E-state index contributed by atoms with van der Waals surface area (Å²) < 4.78 is 44.5. The predicted octanol–water partition coefficient (Wildman–Crippen LogP) is 6.45. The van der Waals surface area contributed by atoms with Gasteiger partial charge >= 0.3 is 6.18 Å². The van der Waals surface area contributed by atoms with E-state index in [1.54, 1.807) is 30.3 Å². The van der Waals surface area contributed by atoms with Gasteiger partial charge in [-0.05, 0) is 47.0 Å². The number of pyridine rings is 1. The molecule has 0 unspecified atom stereocenters. The van der Waals surface area contributed by atoms with Gasteiger partial charge in [-0.1, -0.05) is 52.3 Å². The number of aromatic nitrogens is 1. The van der Waals surface area contributed by atoms with Crippen LogP contribution in [-0.2, 0) is 13.2 Å². The Morgan fingerprint density at radius 3 is 2.32 bits per heavy atom. The van der Waals surface area contributed by atoms with Gasteiger partial charge in [-0.3, -0.25) is 4.79 Å². The van der Waals surface area contributed by atoms with Gasteiger partial charge in [0.1, 0.15) is 0 Å². The Bertz CT molecular complexity index is 1310. The van der Waals surface area contributed by atoms with E-state index in [-0.39, 0.29) is 22.0 Å².